The molecule has 0 radical (unpaired) electrons. The van der Waals surface area contributed by atoms with Crippen molar-refractivity contribution in [2.45, 2.75) is 0 Å². The van der Waals surface area contributed by atoms with E-state index in [9.17, 15) is 14.5 Å². The number of halogens is 3. The smallest absolute Gasteiger partial charge is 0.265 e. The van der Waals surface area contributed by atoms with Crippen LogP contribution in [0.25, 0.3) is 27.6 Å². The molecule has 0 aliphatic heterocycles. The molecule has 6 nitrogen and oxygen atoms in total. The number of thiazole rings is 1. The van der Waals surface area contributed by atoms with E-state index in [-0.39, 0.29) is 10.7 Å². The quantitative estimate of drug-likeness (QED) is 0.255. The molecule has 0 aliphatic rings. The first-order valence-corrected chi connectivity index (χ1v) is 8.81. The Kier molecular flexibility index (Phi) is 4.10. The molecular formula is C16H7Cl2FN4O2S. The monoisotopic (exact) mass is 408 g/mol. The third-order valence-electron chi connectivity index (χ3n) is 3.77. The molecule has 4 aromatic rings. The summed E-state index contributed by atoms with van der Waals surface area (Å²) in [6.07, 6.45) is 0. The molecule has 0 saturated heterocycles. The first kappa shape index (κ1) is 16.9. The molecule has 0 N–H and O–H groups in total. The third kappa shape index (κ3) is 2.72. The van der Waals surface area contributed by atoms with Gasteiger partial charge in [-0.15, -0.1) is 21.5 Å². The number of hydrogen-bond donors (Lipinski definition) is 0. The highest BCUT2D eigenvalue weighted by atomic mass is 35.5. The fourth-order valence-corrected chi connectivity index (χ4v) is 3.85. The number of benzene rings is 2. The van der Waals surface area contributed by atoms with Crippen LogP contribution < -0.4 is 0 Å². The molecule has 10 heteroatoms. The summed E-state index contributed by atoms with van der Waals surface area (Å²) in [7, 11) is 0. The van der Waals surface area contributed by atoms with E-state index in [0.29, 0.717) is 32.6 Å². The second-order valence-corrected chi connectivity index (χ2v) is 6.96. The average Bonchev–Trinajstić information content (AvgIpc) is 3.20. The first-order valence-electron chi connectivity index (χ1n) is 7.18. The van der Waals surface area contributed by atoms with Gasteiger partial charge in [-0.1, -0.05) is 23.2 Å². The third-order valence-corrected chi connectivity index (χ3v) is 5.19. The van der Waals surface area contributed by atoms with E-state index in [1.807, 2.05) is 0 Å². The summed E-state index contributed by atoms with van der Waals surface area (Å²) in [6, 6.07) is 8.54. The van der Waals surface area contributed by atoms with E-state index >= 15 is 0 Å². The molecule has 0 spiro atoms. The van der Waals surface area contributed by atoms with Crippen molar-refractivity contribution in [2.24, 2.45) is 0 Å². The Bertz CT molecular complexity index is 1160. The molecule has 130 valence electrons. The SMILES string of the molecule is O=[N+]([O-])c1ccc(-c2nnc3scc(-c4cc(F)c(Cl)cc4Cl)n23)cc1. The van der Waals surface area contributed by atoms with Gasteiger partial charge in [0.05, 0.1) is 20.7 Å². The number of nitro benzene ring substituents is 1. The standard InChI is InChI=1S/C16H7Cl2FN4O2S/c17-11-6-12(18)13(19)5-10(11)14-7-26-16-21-20-15(22(14)16)8-1-3-9(4-2-8)23(24)25/h1-7H. The number of fused-ring (bicyclic) bond motifs is 1. The molecule has 0 aliphatic carbocycles. The molecule has 2 aromatic carbocycles. The van der Waals surface area contributed by atoms with Crippen LogP contribution in [0.4, 0.5) is 10.1 Å². The van der Waals surface area contributed by atoms with Crippen LogP contribution in [0.5, 0.6) is 0 Å². The summed E-state index contributed by atoms with van der Waals surface area (Å²) < 4.78 is 15.7. The van der Waals surface area contributed by atoms with Crippen LogP contribution in [0.1, 0.15) is 0 Å². The van der Waals surface area contributed by atoms with E-state index in [2.05, 4.69) is 10.2 Å². The van der Waals surface area contributed by atoms with E-state index < -0.39 is 10.7 Å². The zero-order valence-corrected chi connectivity index (χ0v) is 15.0. The zero-order chi connectivity index (χ0) is 18.4. The molecule has 2 heterocycles. The van der Waals surface area contributed by atoms with Gasteiger partial charge in [0.25, 0.3) is 5.69 Å². The van der Waals surface area contributed by atoms with E-state index in [0.717, 1.165) is 0 Å². The molecule has 0 unspecified atom stereocenters. The summed E-state index contributed by atoms with van der Waals surface area (Å²) >= 11 is 13.3. The lowest BCUT2D eigenvalue weighted by molar-refractivity contribution is -0.384. The molecule has 0 amide bonds. The number of non-ortho nitro benzene ring substituents is 1. The summed E-state index contributed by atoms with van der Waals surface area (Å²) in [5, 5.41) is 21.1. The minimum Gasteiger partial charge on any atom is -0.265 e. The number of nitro groups is 1. The van der Waals surface area contributed by atoms with Gasteiger partial charge >= 0.3 is 0 Å². The molecule has 4 rings (SSSR count). The van der Waals surface area contributed by atoms with Crippen LogP contribution in [0.2, 0.25) is 10.0 Å². The summed E-state index contributed by atoms with van der Waals surface area (Å²) in [5.41, 5.74) is 1.66. The summed E-state index contributed by atoms with van der Waals surface area (Å²) in [4.78, 5) is 10.9. The maximum Gasteiger partial charge on any atom is 0.269 e. The average molecular weight is 409 g/mol. The lowest BCUT2D eigenvalue weighted by Crippen LogP contribution is -1.93. The highest BCUT2D eigenvalue weighted by Gasteiger charge is 2.19. The van der Waals surface area contributed by atoms with E-state index in [4.69, 9.17) is 23.2 Å². The van der Waals surface area contributed by atoms with Crippen LogP contribution in [-0.2, 0) is 0 Å². The van der Waals surface area contributed by atoms with Gasteiger partial charge in [0.1, 0.15) is 5.82 Å². The van der Waals surface area contributed by atoms with Gasteiger partial charge in [0.2, 0.25) is 4.96 Å². The molecular weight excluding hydrogens is 402 g/mol. The maximum atomic E-state index is 13.9. The Morgan fingerprint density at radius 3 is 2.54 bits per heavy atom. The van der Waals surface area contributed by atoms with Gasteiger partial charge in [-0.05, 0) is 24.3 Å². The summed E-state index contributed by atoms with van der Waals surface area (Å²) in [5.74, 6) is -0.118. The minimum absolute atomic E-state index is 0.0251. The Labute approximate surface area is 159 Å². The van der Waals surface area contributed by atoms with Crippen molar-refractivity contribution in [3.63, 3.8) is 0 Å². The Morgan fingerprint density at radius 2 is 1.85 bits per heavy atom. The Hall–Kier alpha value is -2.55. The fraction of sp³-hybridized carbons (Fsp3) is 0. The largest absolute Gasteiger partial charge is 0.269 e. The highest BCUT2D eigenvalue weighted by molar-refractivity contribution is 7.15. The van der Waals surface area contributed by atoms with E-state index in [1.54, 1.807) is 21.9 Å². The van der Waals surface area contributed by atoms with Crippen molar-refractivity contribution in [2.75, 3.05) is 0 Å². The van der Waals surface area contributed by atoms with Gasteiger partial charge in [0.15, 0.2) is 5.82 Å². The lowest BCUT2D eigenvalue weighted by Gasteiger charge is -2.07. The molecule has 2 aromatic heterocycles. The lowest BCUT2D eigenvalue weighted by atomic mass is 10.1. The molecule has 0 bridgehead atoms. The molecule has 26 heavy (non-hydrogen) atoms. The van der Waals surface area contributed by atoms with Crippen molar-refractivity contribution in [3.8, 4) is 22.6 Å². The number of hydrogen-bond acceptors (Lipinski definition) is 5. The first-order chi connectivity index (χ1) is 12.5. The number of nitrogens with zero attached hydrogens (tertiary/aromatic N) is 4. The van der Waals surface area contributed by atoms with Gasteiger partial charge < -0.3 is 0 Å². The number of aromatic nitrogens is 3. The minimum atomic E-state index is -0.588. The molecule has 0 saturated carbocycles. The van der Waals surface area contributed by atoms with Crippen molar-refractivity contribution >= 4 is 45.2 Å². The van der Waals surface area contributed by atoms with Crippen molar-refractivity contribution in [1.29, 1.82) is 0 Å². The van der Waals surface area contributed by atoms with E-state index in [1.165, 1.54) is 35.6 Å². The number of rotatable bonds is 3. The van der Waals surface area contributed by atoms with Gasteiger partial charge in [-0.25, -0.2) is 4.39 Å². The van der Waals surface area contributed by atoms with Crippen LogP contribution in [-0.4, -0.2) is 19.5 Å². The van der Waals surface area contributed by atoms with Crippen LogP contribution >= 0.6 is 34.5 Å². The van der Waals surface area contributed by atoms with Crippen molar-refractivity contribution in [1.82, 2.24) is 14.6 Å². The molecule has 0 atom stereocenters. The highest BCUT2D eigenvalue weighted by Crippen LogP contribution is 2.36. The van der Waals surface area contributed by atoms with Crippen molar-refractivity contribution in [3.05, 3.63) is 67.8 Å². The Balaban J connectivity index is 1.91. The predicted molar refractivity (Wildman–Crippen MR) is 98.4 cm³/mol. The zero-order valence-electron chi connectivity index (χ0n) is 12.7. The van der Waals surface area contributed by atoms with Crippen LogP contribution in [0, 0.1) is 15.9 Å². The predicted octanol–water partition coefficient (Wildman–Crippen LogP) is 5.48. The van der Waals surface area contributed by atoms with Crippen LogP contribution in [0.3, 0.4) is 0 Å². The maximum absolute atomic E-state index is 13.9. The molecule has 0 fully saturated rings. The summed E-state index contributed by atoms with van der Waals surface area (Å²) in [6.45, 7) is 0. The topological polar surface area (TPSA) is 73.3 Å². The fourth-order valence-electron chi connectivity index (χ4n) is 2.55. The van der Waals surface area contributed by atoms with Crippen molar-refractivity contribution < 1.29 is 9.31 Å². The van der Waals surface area contributed by atoms with Crippen LogP contribution in [0.15, 0.2) is 41.8 Å². The Morgan fingerprint density at radius 1 is 1.12 bits per heavy atom. The second-order valence-electron chi connectivity index (χ2n) is 5.31. The van der Waals surface area contributed by atoms with Gasteiger partial charge in [0, 0.05) is 28.6 Å². The van der Waals surface area contributed by atoms with Gasteiger partial charge in [-0.3, -0.25) is 14.5 Å². The second kappa shape index (κ2) is 6.31. The van der Waals surface area contributed by atoms with Gasteiger partial charge in [-0.2, -0.15) is 0 Å². The normalized spacial score (nSPS) is 11.2.